The van der Waals surface area contributed by atoms with E-state index in [-0.39, 0.29) is 0 Å². The van der Waals surface area contributed by atoms with Crippen molar-refractivity contribution in [3.8, 4) is 50.5 Å². The summed E-state index contributed by atoms with van der Waals surface area (Å²) in [6, 6.07) is 54.8. The molecule has 0 aliphatic heterocycles. The highest BCUT2D eigenvalue weighted by molar-refractivity contribution is 6.09. The number of hydrogen-bond donors (Lipinski definition) is 0. The van der Waals surface area contributed by atoms with Gasteiger partial charge in [0.15, 0.2) is 5.58 Å². The lowest BCUT2D eigenvalue weighted by atomic mass is 9.97. The number of rotatable bonds is 5. The van der Waals surface area contributed by atoms with E-state index >= 15 is 0 Å². The first-order valence-electron chi connectivity index (χ1n) is 15.4. The van der Waals surface area contributed by atoms with Gasteiger partial charge in [-0.25, -0.2) is 4.98 Å². The molecule has 216 valence electrons. The van der Waals surface area contributed by atoms with Crippen LogP contribution in [0.25, 0.3) is 83.6 Å². The van der Waals surface area contributed by atoms with Crippen LogP contribution in [0.15, 0.2) is 168 Å². The topological polar surface area (TPSA) is 43.9 Å². The average molecular weight is 590 g/mol. The van der Waals surface area contributed by atoms with Crippen LogP contribution in [0.2, 0.25) is 0 Å². The zero-order chi connectivity index (χ0) is 30.5. The van der Waals surface area contributed by atoms with E-state index < -0.39 is 0 Å². The molecule has 9 aromatic rings. The molecule has 0 atom stereocenters. The molecule has 0 unspecified atom stereocenters. The summed E-state index contributed by atoms with van der Waals surface area (Å²) in [6.45, 7) is 0. The van der Waals surface area contributed by atoms with Gasteiger partial charge in [-0.15, -0.1) is 0 Å². The Balaban J connectivity index is 1.26. The Labute approximate surface area is 265 Å². The van der Waals surface area contributed by atoms with Gasteiger partial charge in [0.1, 0.15) is 5.52 Å². The van der Waals surface area contributed by atoms with Crippen molar-refractivity contribution >= 4 is 33.0 Å². The Morgan fingerprint density at radius 1 is 0.457 bits per heavy atom. The van der Waals surface area contributed by atoms with E-state index in [1.165, 1.54) is 0 Å². The van der Waals surface area contributed by atoms with Crippen LogP contribution >= 0.6 is 0 Å². The summed E-state index contributed by atoms with van der Waals surface area (Å²) in [5.41, 5.74) is 13.3. The van der Waals surface area contributed by atoms with Crippen LogP contribution in [0.4, 0.5) is 0 Å². The molecule has 0 fully saturated rings. The van der Waals surface area contributed by atoms with Crippen molar-refractivity contribution in [2.75, 3.05) is 0 Å². The lowest BCUT2D eigenvalue weighted by molar-refractivity contribution is 0.620. The zero-order valence-corrected chi connectivity index (χ0v) is 24.8. The molecule has 46 heavy (non-hydrogen) atoms. The summed E-state index contributed by atoms with van der Waals surface area (Å²) >= 11 is 0. The van der Waals surface area contributed by atoms with E-state index in [1.54, 1.807) is 0 Å². The van der Waals surface area contributed by atoms with E-state index in [0.29, 0.717) is 5.89 Å². The van der Waals surface area contributed by atoms with Crippen LogP contribution in [0, 0.1) is 0 Å². The summed E-state index contributed by atoms with van der Waals surface area (Å²) in [4.78, 5) is 9.98. The number of fused-ring (bicyclic) bond motifs is 4. The minimum absolute atomic E-state index is 0.600. The quantitative estimate of drug-likeness (QED) is 0.201. The number of para-hydroxylation sites is 1. The molecule has 6 aromatic carbocycles. The van der Waals surface area contributed by atoms with Gasteiger partial charge in [-0.2, -0.15) is 0 Å². The van der Waals surface area contributed by atoms with Crippen molar-refractivity contribution < 1.29 is 4.42 Å². The molecular formula is C42H27N3O. The maximum atomic E-state index is 6.56. The fourth-order valence-corrected chi connectivity index (χ4v) is 6.49. The number of benzene rings is 6. The van der Waals surface area contributed by atoms with Crippen LogP contribution in [-0.2, 0) is 0 Å². The summed E-state index contributed by atoms with van der Waals surface area (Å²) in [7, 11) is 0. The molecule has 0 aliphatic rings. The third-order valence-electron chi connectivity index (χ3n) is 8.66. The largest absolute Gasteiger partial charge is 0.436 e. The molecule has 0 amide bonds. The van der Waals surface area contributed by atoms with Gasteiger partial charge in [0.2, 0.25) is 5.89 Å². The highest BCUT2D eigenvalue weighted by Gasteiger charge is 2.19. The molecule has 4 nitrogen and oxygen atoms in total. The maximum absolute atomic E-state index is 6.56. The highest BCUT2D eigenvalue weighted by Crippen LogP contribution is 2.39. The molecule has 9 rings (SSSR count). The minimum atomic E-state index is 0.600. The third-order valence-corrected chi connectivity index (χ3v) is 8.66. The Morgan fingerprint density at radius 3 is 1.93 bits per heavy atom. The van der Waals surface area contributed by atoms with Crippen LogP contribution in [0.5, 0.6) is 0 Å². The van der Waals surface area contributed by atoms with Crippen molar-refractivity contribution in [1.29, 1.82) is 0 Å². The molecule has 0 N–H and O–H groups in total. The lowest BCUT2D eigenvalue weighted by Gasteiger charge is -2.09. The van der Waals surface area contributed by atoms with Crippen LogP contribution in [-0.4, -0.2) is 14.5 Å². The predicted octanol–water partition coefficient (Wildman–Crippen LogP) is 11.0. The number of oxazole rings is 1. The van der Waals surface area contributed by atoms with Crippen molar-refractivity contribution in [2.24, 2.45) is 0 Å². The standard InChI is InChI=1S/C42H27N3O/c1-4-12-28(13-5-1)30-16-10-17-32(24-30)42-44-41-35(26-33(27-39(41)46-42)29-14-6-2-7-15-29)31-21-22-37-36(25-31)40-38(20-11-23-43-40)45(37)34-18-8-3-9-19-34/h1-27H. The average Bonchev–Trinajstić information content (AvgIpc) is 3.72. The fraction of sp³-hybridized carbons (Fsp3) is 0. The molecule has 4 heteroatoms. The molecule has 0 aliphatic carbocycles. The Hall–Kier alpha value is -6.26. The van der Waals surface area contributed by atoms with Gasteiger partial charge < -0.3 is 8.98 Å². The van der Waals surface area contributed by atoms with Gasteiger partial charge in [0, 0.05) is 28.4 Å². The zero-order valence-electron chi connectivity index (χ0n) is 24.8. The fourth-order valence-electron chi connectivity index (χ4n) is 6.49. The summed E-state index contributed by atoms with van der Waals surface area (Å²) in [5, 5.41) is 1.09. The second kappa shape index (κ2) is 10.7. The Morgan fingerprint density at radius 2 is 1.15 bits per heavy atom. The van der Waals surface area contributed by atoms with Crippen LogP contribution < -0.4 is 0 Å². The second-order valence-corrected chi connectivity index (χ2v) is 11.5. The third kappa shape index (κ3) is 4.39. The normalized spacial score (nSPS) is 11.5. The number of hydrogen-bond acceptors (Lipinski definition) is 3. The molecule has 3 aromatic heterocycles. The first-order chi connectivity index (χ1) is 22.8. The van der Waals surface area contributed by atoms with Crippen LogP contribution in [0.1, 0.15) is 0 Å². The van der Waals surface area contributed by atoms with Crippen molar-refractivity contribution in [3.05, 3.63) is 164 Å². The lowest BCUT2D eigenvalue weighted by Crippen LogP contribution is -1.93. The highest BCUT2D eigenvalue weighted by atomic mass is 16.3. The van der Waals surface area contributed by atoms with E-state index in [9.17, 15) is 0 Å². The van der Waals surface area contributed by atoms with Gasteiger partial charge >= 0.3 is 0 Å². The van der Waals surface area contributed by atoms with Gasteiger partial charge in [-0.1, -0.05) is 97.1 Å². The monoisotopic (exact) mass is 589 g/mol. The van der Waals surface area contributed by atoms with Gasteiger partial charge in [0.05, 0.1) is 16.6 Å². The smallest absolute Gasteiger partial charge is 0.227 e. The first-order valence-corrected chi connectivity index (χ1v) is 15.4. The van der Waals surface area contributed by atoms with Gasteiger partial charge in [-0.3, -0.25) is 4.98 Å². The number of pyridine rings is 1. The molecule has 0 spiro atoms. The Bertz CT molecular complexity index is 2510. The molecule has 0 bridgehead atoms. The predicted molar refractivity (Wildman–Crippen MR) is 188 cm³/mol. The van der Waals surface area contributed by atoms with E-state index in [4.69, 9.17) is 14.4 Å². The Kier molecular flexibility index (Phi) is 6.10. The van der Waals surface area contributed by atoms with E-state index in [1.807, 2.05) is 30.5 Å². The molecule has 3 heterocycles. The van der Waals surface area contributed by atoms with E-state index in [0.717, 1.165) is 77.7 Å². The molecule has 0 radical (unpaired) electrons. The number of aromatic nitrogens is 3. The second-order valence-electron chi connectivity index (χ2n) is 11.5. The summed E-state index contributed by atoms with van der Waals surface area (Å²) < 4.78 is 8.84. The summed E-state index contributed by atoms with van der Waals surface area (Å²) in [5.74, 6) is 0.600. The van der Waals surface area contributed by atoms with Crippen molar-refractivity contribution in [3.63, 3.8) is 0 Å². The minimum Gasteiger partial charge on any atom is -0.436 e. The SMILES string of the molecule is c1ccc(-c2cccc(-c3nc4c(-c5ccc6c(c5)c5ncccc5n6-c5ccccc5)cc(-c5ccccc5)cc4o3)c2)cc1. The maximum Gasteiger partial charge on any atom is 0.227 e. The van der Waals surface area contributed by atoms with Crippen molar-refractivity contribution in [2.45, 2.75) is 0 Å². The molecule has 0 saturated heterocycles. The summed E-state index contributed by atoms with van der Waals surface area (Å²) in [6.07, 6.45) is 1.87. The van der Waals surface area contributed by atoms with E-state index in [2.05, 4.69) is 138 Å². The van der Waals surface area contributed by atoms with Crippen molar-refractivity contribution in [1.82, 2.24) is 14.5 Å². The van der Waals surface area contributed by atoms with Gasteiger partial charge in [-0.05, 0) is 88.5 Å². The first kappa shape index (κ1) is 26.2. The molecule has 0 saturated carbocycles. The molecular weight excluding hydrogens is 562 g/mol. The number of nitrogens with zero attached hydrogens (tertiary/aromatic N) is 3. The van der Waals surface area contributed by atoms with Crippen LogP contribution in [0.3, 0.4) is 0 Å². The van der Waals surface area contributed by atoms with Gasteiger partial charge in [0.25, 0.3) is 0 Å².